The smallest absolute Gasteiger partial charge is 0.331 e. The van der Waals surface area contributed by atoms with E-state index in [1.54, 1.807) is 49.1 Å². The SMILES string of the molecule is COc1ccc(-c2nc(Cn3c(=O)n(C[C@@H]4CCCO4)c(=O)c4ccccc43)c(C)o2)cc1OC. The van der Waals surface area contributed by atoms with Gasteiger partial charge in [-0.2, -0.15) is 0 Å². The topological polar surface area (TPSA) is 97.7 Å². The summed E-state index contributed by atoms with van der Waals surface area (Å²) in [6, 6.07) is 12.5. The Bertz CT molecular complexity index is 1490. The van der Waals surface area contributed by atoms with Crippen LogP contribution in [0.3, 0.4) is 0 Å². The Morgan fingerprint density at radius 2 is 1.86 bits per heavy atom. The van der Waals surface area contributed by atoms with Crippen LogP contribution >= 0.6 is 0 Å². The Labute approximate surface area is 201 Å². The second kappa shape index (κ2) is 9.42. The minimum Gasteiger partial charge on any atom is -0.493 e. The lowest BCUT2D eigenvalue weighted by atomic mass is 10.2. The summed E-state index contributed by atoms with van der Waals surface area (Å²) in [6.45, 7) is 2.85. The molecule has 0 spiro atoms. The van der Waals surface area contributed by atoms with Crippen LogP contribution in [0.25, 0.3) is 22.4 Å². The first-order valence-corrected chi connectivity index (χ1v) is 11.5. The molecule has 4 aromatic rings. The molecule has 3 heterocycles. The van der Waals surface area contributed by atoms with Crippen LogP contribution in [0, 0.1) is 6.92 Å². The van der Waals surface area contributed by atoms with E-state index in [0.717, 1.165) is 18.4 Å². The fourth-order valence-electron chi connectivity index (χ4n) is 4.49. The second-order valence-corrected chi connectivity index (χ2v) is 8.53. The van der Waals surface area contributed by atoms with E-state index in [9.17, 15) is 9.59 Å². The molecule has 0 bridgehead atoms. The van der Waals surface area contributed by atoms with Crippen molar-refractivity contribution < 1.29 is 18.6 Å². The Morgan fingerprint density at radius 3 is 2.60 bits per heavy atom. The molecule has 9 nitrogen and oxygen atoms in total. The van der Waals surface area contributed by atoms with Gasteiger partial charge in [-0.1, -0.05) is 12.1 Å². The first-order valence-electron chi connectivity index (χ1n) is 11.5. The third-order valence-electron chi connectivity index (χ3n) is 6.37. The van der Waals surface area contributed by atoms with Crippen LogP contribution in [0.4, 0.5) is 0 Å². The largest absolute Gasteiger partial charge is 0.493 e. The molecule has 1 fully saturated rings. The first-order chi connectivity index (χ1) is 17.0. The van der Waals surface area contributed by atoms with Gasteiger partial charge in [0.25, 0.3) is 5.56 Å². The first kappa shape index (κ1) is 22.9. The van der Waals surface area contributed by atoms with Crippen LogP contribution < -0.4 is 20.7 Å². The van der Waals surface area contributed by atoms with Crippen molar-refractivity contribution in [3.05, 3.63) is 74.8 Å². The molecule has 2 aromatic heterocycles. The maximum absolute atomic E-state index is 13.5. The summed E-state index contributed by atoms with van der Waals surface area (Å²) in [5, 5.41) is 0.478. The van der Waals surface area contributed by atoms with Gasteiger partial charge in [0.15, 0.2) is 11.5 Å². The average Bonchev–Trinajstić information content (AvgIpc) is 3.53. The molecule has 0 unspecified atom stereocenters. The third-order valence-corrected chi connectivity index (χ3v) is 6.37. The number of methoxy groups -OCH3 is 2. The normalized spacial score (nSPS) is 15.6. The highest BCUT2D eigenvalue weighted by Gasteiger charge is 2.22. The highest BCUT2D eigenvalue weighted by atomic mass is 16.5. The Hall–Kier alpha value is -3.85. The number of benzene rings is 2. The van der Waals surface area contributed by atoms with Crippen molar-refractivity contribution in [3.63, 3.8) is 0 Å². The number of aromatic nitrogens is 3. The highest BCUT2D eigenvalue weighted by molar-refractivity contribution is 5.78. The summed E-state index contributed by atoms with van der Waals surface area (Å²) in [6.07, 6.45) is 1.62. The molecular formula is C26H27N3O6. The summed E-state index contributed by atoms with van der Waals surface area (Å²) in [7, 11) is 3.14. The van der Waals surface area contributed by atoms with Crippen LogP contribution in [0.2, 0.25) is 0 Å². The molecule has 35 heavy (non-hydrogen) atoms. The van der Waals surface area contributed by atoms with Crippen molar-refractivity contribution in [2.45, 2.75) is 39.0 Å². The zero-order chi connectivity index (χ0) is 24.5. The fraction of sp³-hybridized carbons (Fsp3) is 0.346. The van der Waals surface area contributed by atoms with Crippen LogP contribution in [0.15, 0.2) is 56.5 Å². The zero-order valence-corrected chi connectivity index (χ0v) is 19.9. The number of fused-ring (bicyclic) bond motifs is 1. The average molecular weight is 478 g/mol. The van der Waals surface area contributed by atoms with Gasteiger partial charge in [0, 0.05) is 12.2 Å². The van der Waals surface area contributed by atoms with Gasteiger partial charge in [0.2, 0.25) is 5.89 Å². The van der Waals surface area contributed by atoms with Crippen molar-refractivity contribution in [1.29, 1.82) is 0 Å². The lowest BCUT2D eigenvalue weighted by Crippen LogP contribution is -2.42. The standard InChI is InChI=1S/C26H27N3O6/c1-16-20(27-24(35-16)17-10-11-22(32-2)23(13-17)33-3)15-28-21-9-5-4-8-19(21)25(30)29(26(28)31)14-18-7-6-12-34-18/h4-5,8-11,13,18H,6-7,12,14-15H2,1-3H3/t18-/m0/s1. The number of aryl methyl sites for hydroxylation is 1. The number of oxazole rings is 1. The van der Waals surface area contributed by atoms with Crippen molar-refractivity contribution >= 4 is 10.9 Å². The van der Waals surface area contributed by atoms with E-state index in [4.69, 9.17) is 18.6 Å². The molecule has 1 atom stereocenters. The molecule has 0 amide bonds. The predicted molar refractivity (Wildman–Crippen MR) is 130 cm³/mol. The minimum absolute atomic E-state index is 0.138. The fourth-order valence-corrected chi connectivity index (χ4v) is 4.49. The third kappa shape index (κ3) is 4.23. The van der Waals surface area contributed by atoms with E-state index in [2.05, 4.69) is 4.98 Å². The van der Waals surface area contributed by atoms with Crippen LogP contribution in [-0.4, -0.2) is 41.0 Å². The summed E-state index contributed by atoms with van der Waals surface area (Å²) in [5.74, 6) is 2.16. The van der Waals surface area contributed by atoms with E-state index >= 15 is 0 Å². The van der Waals surface area contributed by atoms with Crippen molar-refractivity contribution in [2.75, 3.05) is 20.8 Å². The zero-order valence-electron chi connectivity index (χ0n) is 19.9. The number of ether oxygens (including phenoxy) is 3. The Morgan fingerprint density at radius 1 is 1.06 bits per heavy atom. The van der Waals surface area contributed by atoms with Gasteiger partial charge in [-0.3, -0.25) is 13.9 Å². The number of hydrogen-bond acceptors (Lipinski definition) is 7. The summed E-state index contributed by atoms with van der Waals surface area (Å²) in [4.78, 5) is 31.3. The maximum Gasteiger partial charge on any atom is 0.331 e. The molecule has 1 aliphatic rings. The number of para-hydroxylation sites is 1. The van der Waals surface area contributed by atoms with Crippen molar-refractivity contribution in [1.82, 2.24) is 14.1 Å². The van der Waals surface area contributed by atoms with E-state index in [-0.39, 0.29) is 30.4 Å². The van der Waals surface area contributed by atoms with Crippen molar-refractivity contribution in [3.8, 4) is 23.0 Å². The van der Waals surface area contributed by atoms with Crippen LogP contribution in [0.5, 0.6) is 11.5 Å². The van der Waals surface area contributed by atoms with Crippen LogP contribution in [-0.2, 0) is 17.8 Å². The molecule has 1 saturated heterocycles. The van der Waals surface area contributed by atoms with Gasteiger partial charge in [0.1, 0.15) is 11.5 Å². The molecule has 0 radical (unpaired) electrons. The number of rotatable bonds is 7. The lowest BCUT2D eigenvalue weighted by molar-refractivity contribution is 0.0948. The Kier molecular flexibility index (Phi) is 6.17. The molecule has 0 saturated carbocycles. The van der Waals surface area contributed by atoms with E-state index in [1.165, 1.54) is 4.57 Å². The van der Waals surface area contributed by atoms with Gasteiger partial charge in [-0.05, 0) is 50.1 Å². The quantitative estimate of drug-likeness (QED) is 0.403. The number of nitrogens with zero attached hydrogens (tertiary/aromatic N) is 3. The number of hydrogen-bond donors (Lipinski definition) is 0. The van der Waals surface area contributed by atoms with Gasteiger partial charge < -0.3 is 18.6 Å². The molecule has 182 valence electrons. The van der Waals surface area contributed by atoms with E-state index in [0.29, 0.717) is 46.4 Å². The van der Waals surface area contributed by atoms with Gasteiger partial charge in [-0.25, -0.2) is 9.78 Å². The predicted octanol–water partition coefficient (Wildman–Crippen LogP) is 3.37. The maximum atomic E-state index is 13.5. The summed E-state index contributed by atoms with van der Waals surface area (Å²) < 4.78 is 25.2. The molecule has 9 heteroatoms. The summed E-state index contributed by atoms with van der Waals surface area (Å²) in [5.41, 5.74) is 1.18. The summed E-state index contributed by atoms with van der Waals surface area (Å²) >= 11 is 0. The second-order valence-electron chi connectivity index (χ2n) is 8.53. The Balaban J connectivity index is 1.57. The molecule has 2 aromatic carbocycles. The lowest BCUT2D eigenvalue weighted by Gasteiger charge is -2.16. The molecule has 0 N–H and O–H groups in total. The van der Waals surface area contributed by atoms with Crippen molar-refractivity contribution in [2.24, 2.45) is 0 Å². The molecule has 0 aliphatic carbocycles. The van der Waals surface area contributed by atoms with E-state index in [1.807, 2.05) is 19.1 Å². The molecular weight excluding hydrogens is 450 g/mol. The highest BCUT2D eigenvalue weighted by Crippen LogP contribution is 2.32. The van der Waals surface area contributed by atoms with Gasteiger partial charge in [-0.15, -0.1) is 0 Å². The molecule has 5 rings (SSSR count). The van der Waals surface area contributed by atoms with Gasteiger partial charge >= 0.3 is 5.69 Å². The minimum atomic E-state index is -0.390. The van der Waals surface area contributed by atoms with E-state index < -0.39 is 0 Å². The van der Waals surface area contributed by atoms with Gasteiger partial charge in [0.05, 0.1) is 44.3 Å². The van der Waals surface area contributed by atoms with Crippen LogP contribution in [0.1, 0.15) is 24.3 Å². The molecule has 1 aliphatic heterocycles. The monoisotopic (exact) mass is 477 g/mol.